The van der Waals surface area contributed by atoms with Crippen LogP contribution in [0.2, 0.25) is 0 Å². The molecule has 0 saturated carbocycles. The predicted molar refractivity (Wildman–Crippen MR) is 57.6 cm³/mol. The second-order valence-electron chi connectivity index (χ2n) is 3.15. The van der Waals surface area contributed by atoms with Gasteiger partial charge in [0.2, 0.25) is 5.91 Å². The third-order valence-corrected chi connectivity index (χ3v) is 2.16. The predicted octanol–water partition coefficient (Wildman–Crippen LogP) is 3.04. The Morgan fingerprint density at radius 1 is 1.31 bits per heavy atom. The highest BCUT2D eigenvalue weighted by molar-refractivity contribution is 9.10. The summed E-state index contributed by atoms with van der Waals surface area (Å²) in [4.78, 5) is 11.3. The number of anilines is 1. The zero-order valence-electron chi connectivity index (χ0n) is 7.67. The minimum absolute atomic E-state index is 0.0173. The largest absolute Gasteiger partial charge is 0.326 e. The highest BCUT2D eigenvalue weighted by Gasteiger charge is 2.05. The van der Waals surface area contributed by atoms with Gasteiger partial charge >= 0.3 is 0 Å². The molecule has 0 aliphatic rings. The van der Waals surface area contributed by atoms with E-state index in [2.05, 4.69) is 21.2 Å². The molecule has 0 unspecified atom stereocenters. The Bertz CT molecular complexity index is 292. The van der Waals surface area contributed by atoms with Gasteiger partial charge in [0.05, 0.1) is 0 Å². The zero-order valence-corrected chi connectivity index (χ0v) is 9.26. The molecule has 70 valence electrons. The van der Waals surface area contributed by atoms with Gasteiger partial charge in [0.25, 0.3) is 0 Å². The van der Waals surface area contributed by atoms with E-state index in [1.165, 1.54) is 0 Å². The topological polar surface area (TPSA) is 29.1 Å². The molecule has 0 heterocycles. The van der Waals surface area contributed by atoms with E-state index in [1.54, 1.807) is 0 Å². The molecule has 0 atom stereocenters. The molecule has 13 heavy (non-hydrogen) atoms. The van der Waals surface area contributed by atoms with Crippen LogP contribution in [-0.2, 0) is 4.79 Å². The van der Waals surface area contributed by atoms with Crippen molar-refractivity contribution in [3.8, 4) is 0 Å². The molecule has 0 aromatic heterocycles. The van der Waals surface area contributed by atoms with Gasteiger partial charge in [0, 0.05) is 16.1 Å². The summed E-state index contributed by atoms with van der Waals surface area (Å²) in [6.45, 7) is 3.74. The van der Waals surface area contributed by atoms with Crippen LogP contribution in [0, 0.1) is 5.92 Å². The molecule has 1 aromatic rings. The van der Waals surface area contributed by atoms with Crippen molar-refractivity contribution in [2.24, 2.45) is 5.92 Å². The Labute approximate surface area is 86.5 Å². The summed E-state index contributed by atoms with van der Waals surface area (Å²) < 4.78 is 1.01. The summed E-state index contributed by atoms with van der Waals surface area (Å²) in [5, 5.41) is 2.81. The summed E-state index contributed by atoms with van der Waals surface area (Å²) in [6, 6.07) is 7.53. The molecule has 0 fully saturated rings. The molecule has 1 aromatic carbocycles. The first-order chi connectivity index (χ1) is 6.09. The van der Waals surface area contributed by atoms with Crippen LogP contribution < -0.4 is 5.32 Å². The number of carbonyl (C=O) groups excluding carboxylic acids is 1. The monoisotopic (exact) mass is 241 g/mol. The maximum absolute atomic E-state index is 11.3. The van der Waals surface area contributed by atoms with Crippen LogP contribution in [-0.4, -0.2) is 5.91 Å². The van der Waals surface area contributed by atoms with E-state index in [1.807, 2.05) is 38.1 Å². The maximum atomic E-state index is 11.3. The lowest BCUT2D eigenvalue weighted by atomic mass is 10.2. The van der Waals surface area contributed by atoms with Crippen molar-refractivity contribution in [3.05, 3.63) is 28.7 Å². The third-order valence-electron chi connectivity index (χ3n) is 1.64. The smallest absolute Gasteiger partial charge is 0.226 e. The third kappa shape index (κ3) is 3.19. The molecular weight excluding hydrogens is 230 g/mol. The minimum atomic E-state index is 0.0173. The van der Waals surface area contributed by atoms with E-state index in [0.717, 1.165) is 10.2 Å². The average Bonchev–Trinajstić information content (AvgIpc) is 2.08. The number of rotatable bonds is 2. The van der Waals surface area contributed by atoms with Crippen molar-refractivity contribution in [2.45, 2.75) is 13.8 Å². The van der Waals surface area contributed by atoms with Crippen molar-refractivity contribution in [3.63, 3.8) is 0 Å². The minimum Gasteiger partial charge on any atom is -0.326 e. The van der Waals surface area contributed by atoms with Crippen molar-refractivity contribution in [1.82, 2.24) is 0 Å². The number of hydrogen-bond acceptors (Lipinski definition) is 1. The first-order valence-electron chi connectivity index (χ1n) is 4.16. The Balaban J connectivity index is 2.65. The Hall–Kier alpha value is -0.830. The molecule has 1 amide bonds. The van der Waals surface area contributed by atoms with Crippen molar-refractivity contribution >= 4 is 27.5 Å². The number of benzene rings is 1. The number of amides is 1. The lowest BCUT2D eigenvalue weighted by Crippen LogP contribution is -2.17. The Morgan fingerprint density at radius 2 is 1.85 bits per heavy atom. The molecule has 1 rings (SSSR count). The van der Waals surface area contributed by atoms with Crippen LogP contribution in [0.5, 0.6) is 0 Å². The second-order valence-corrected chi connectivity index (χ2v) is 4.07. The van der Waals surface area contributed by atoms with Crippen LogP contribution >= 0.6 is 15.9 Å². The average molecular weight is 242 g/mol. The first-order valence-corrected chi connectivity index (χ1v) is 4.95. The SMILES string of the molecule is CC(C)C(=O)Nc1ccc(Br)cc1. The summed E-state index contributed by atoms with van der Waals surface area (Å²) in [6.07, 6.45) is 0. The fourth-order valence-corrected chi connectivity index (χ4v) is 1.08. The van der Waals surface area contributed by atoms with Gasteiger partial charge in [-0.2, -0.15) is 0 Å². The number of halogens is 1. The maximum Gasteiger partial charge on any atom is 0.226 e. The van der Waals surface area contributed by atoms with E-state index in [9.17, 15) is 4.79 Å². The van der Waals surface area contributed by atoms with Gasteiger partial charge in [-0.25, -0.2) is 0 Å². The van der Waals surface area contributed by atoms with Gasteiger partial charge in [-0.3, -0.25) is 4.79 Å². The highest BCUT2D eigenvalue weighted by Crippen LogP contribution is 2.14. The summed E-state index contributed by atoms with van der Waals surface area (Å²) in [7, 11) is 0. The van der Waals surface area contributed by atoms with Crippen molar-refractivity contribution in [1.29, 1.82) is 0 Å². The van der Waals surface area contributed by atoms with Crippen molar-refractivity contribution in [2.75, 3.05) is 5.32 Å². The summed E-state index contributed by atoms with van der Waals surface area (Å²) in [5.41, 5.74) is 0.835. The fraction of sp³-hybridized carbons (Fsp3) is 0.300. The molecule has 0 saturated heterocycles. The van der Waals surface area contributed by atoms with Gasteiger partial charge in [-0.15, -0.1) is 0 Å². The van der Waals surface area contributed by atoms with Gasteiger partial charge < -0.3 is 5.32 Å². The summed E-state index contributed by atoms with van der Waals surface area (Å²) >= 11 is 3.33. The van der Waals surface area contributed by atoms with Gasteiger partial charge in [-0.1, -0.05) is 29.8 Å². The lowest BCUT2D eigenvalue weighted by Gasteiger charge is -2.06. The zero-order chi connectivity index (χ0) is 9.84. The molecule has 0 bridgehead atoms. The molecule has 0 spiro atoms. The van der Waals surface area contributed by atoms with Crippen LogP contribution in [0.15, 0.2) is 28.7 Å². The molecular formula is C10H12BrNO. The molecule has 3 heteroatoms. The fourth-order valence-electron chi connectivity index (χ4n) is 0.820. The van der Waals surface area contributed by atoms with E-state index in [4.69, 9.17) is 0 Å². The van der Waals surface area contributed by atoms with Crippen LogP contribution in [0.1, 0.15) is 13.8 Å². The van der Waals surface area contributed by atoms with Gasteiger partial charge in [0.15, 0.2) is 0 Å². The van der Waals surface area contributed by atoms with E-state index in [-0.39, 0.29) is 11.8 Å². The Kier molecular flexibility index (Phi) is 3.48. The highest BCUT2D eigenvalue weighted by atomic mass is 79.9. The van der Waals surface area contributed by atoms with E-state index < -0.39 is 0 Å². The normalized spacial score (nSPS) is 10.2. The van der Waals surface area contributed by atoms with Gasteiger partial charge in [0.1, 0.15) is 0 Å². The molecule has 0 radical (unpaired) electrons. The molecule has 0 aliphatic carbocycles. The van der Waals surface area contributed by atoms with Gasteiger partial charge in [-0.05, 0) is 24.3 Å². The van der Waals surface area contributed by atoms with Crippen molar-refractivity contribution < 1.29 is 4.79 Å². The second kappa shape index (κ2) is 4.42. The quantitative estimate of drug-likeness (QED) is 0.848. The first kappa shape index (κ1) is 10.3. The molecule has 2 nitrogen and oxygen atoms in total. The molecule has 1 N–H and O–H groups in total. The summed E-state index contributed by atoms with van der Waals surface area (Å²) in [5.74, 6) is 0.0611. The standard InChI is InChI=1S/C10H12BrNO/c1-7(2)10(13)12-9-5-3-8(11)4-6-9/h3-7H,1-2H3,(H,12,13). The Morgan fingerprint density at radius 3 is 2.31 bits per heavy atom. The number of nitrogens with one attached hydrogen (secondary N) is 1. The van der Waals surface area contributed by atoms with Crippen LogP contribution in [0.4, 0.5) is 5.69 Å². The van der Waals surface area contributed by atoms with E-state index in [0.29, 0.717) is 0 Å². The number of hydrogen-bond donors (Lipinski definition) is 1. The van der Waals surface area contributed by atoms with Crippen LogP contribution in [0.25, 0.3) is 0 Å². The van der Waals surface area contributed by atoms with Crippen LogP contribution in [0.3, 0.4) is 0 Å². The lowest BCUT2D eigenvalue weighted by molar-refractivity contribution is -0.118. The van der Waals surface area contributed by atoms with E-state index >= 15 is 0 Å². The number of carbonyl (C=O) groups is 1. The molecule has 0 aliphatic heterocycles.